The van der Waals surface area contributed by atoms with Crippen LogP contribution in [-0.2, 0) is 4.74 Å². The smallest absolute Gasteiger partial charge is 0.123 e. The highest BCUT2D eigenvalue weighted by Crippen LogP contribution is 2.28. The van der Waals surface area contributed by atoms with Gasteiger partial charge in [0.2, 0.25) is 0 Å². The van der Waals surface area contributed by atoms with Crippen molar-refractivity contribution in [1.82, 2.24) is 5.32 Å². The van der Waals surface area contributed by atoms with Gasteiger partial charge in [0.1, 0.15) is 5.82 Å². The number of hydrogen-bond acceptors (Lipinski definition) is 2. The van der Waals surface area contributed by atoms with Crippen molar-refractivity contribution >= 4 is 0 Å². The van der Waals surface area contributed by atoms with Gasteiger partial charge in [-0.05, 0) is 31.2 Å². The molecule has 1 heterocycles. The average Bonchev–Trinajstić information content (AvgIpc) is 2.72. The first kappa shape index (κ1) is 10.6. The Labute approximate surface area is 89.4 Å². The molecule has 82 valence electrons. The summed E-state index contributed by atoms with van der Waals surface area (Å²) < 4.78 is 18.4. The lowest BCUT2D eigenvalue weighted by molar-refractivity contribution is 0.177. The third-order valence-electron chi connectivity index (χ3n) is 2.96. The normalized spacial score (nSPS) is 22.9. The minimum Gasteiger partial charge on any atom is -0.381 e. The summed E-state index contributed by atoms with van der Waals surface area (Å²) in [4.78, 5) is 0. The first-order chi connectivity index (χ1) is 7.31. The van der Waals surface area contributed by atoms with E-state index < -0.39 is 0 Å². The molecular formula is C12H16FNO. The molecule has 2 atom stereocenters. The van der Waals surface area contributed by atoms with Crippen molar-refractivity contribution in [2.75, 3.05) is 20.3 Å². The van der Waals surface area contributed by atoms with Crippen molar-refractivity contribution < 1.29 is 9.13 Å². The highest BCUT2D eigenvalue weighted by molar-refractivity contribution is 5.21. The SMILES string of the molecule is CNC(c1cccc(F)c1)C1CCOC1. The number of ether oxygens (including phenoxy) is 1. The summed E-state index contributed by atoms with van der Waals surface area (Å²) in [6.45, 7) is 1.58. The summed E-state index contributed by atoms with van der Waals surface area (Å²) in [5, 5.41) is 3.24. The second kappa shape index (κ2) is 4.73. The van der Waals surface area contributed by atoms with E-state index in [1.54, 1.807) is 12.1 Å². The molecule has 1 aliphatic heterocycles. The Balaban J connectivity index is 2.18. The molecule has 0 aromatic heterocycles. The van der Waals surface area contributed by atoms with E-state index in [0.29, 0.717) is 5.92 Å². The first-order valence-electron chi connectivity index (χ1n) is 5.31. The van der Waals surface area contributed by atoms with Gasteiger partial charge in [0.25, 0.3) is 0 Å². The molecule has 0 bridgehead atoms. The Hall–Kier alpha value is -0.930. The number of hydrogen-bond donors (Lipinski definition) is 1. The van der Waals surface area contributed by atoms with Gasteiger partial charge < -0.3 is 10.1 Å². The Kier molecular flexibility index (Phi) is 3.34. The fourth-order valence-electron chi connectivity index (χ4n) is 2.19. The van der Waals surface area contributed by atoms with Crippen LogP contribution in [0, 0.1) is 11.7 Å². The molecule has 0 aliphatic carbocycles. The molecule has 15 heavy (non-hydrogen) atoms. The lowest BCUT2D eigenvalue weighted by atomic mass is 9.92. The predicted molar refractivity (Wildman–Crippen MR) is 57.1 cm³/mol. The standard InChI is InChI=1S/C12H16FNO/c1-14-12(10-5-6-15-8-10)9-3-2-4-11(13)7-9/h2-4,7,10,12,14H,5-6,8H2,1H3. The molecule has 0 saturated carbocycles. The van der Waals surface area contributed by atoms with E-state index >= 15 is 0 Å². The zero-order valence-corrected chi connectivity index (χ0v) is 8.87. The van der Waals surface area contributed by atoms with Gasteiger partial charge in [-0.2, -0.15) is 0 Å². The Morgan fingerprint density at radius 1 is 1.53 bits per heavy atom. The van der Waals surface area contributed by atoms with Crippen molar-refractivity contribution in [1.29, 1.82) is 0 Å². The molecule has 1 aliphatic rings. The summed E-state index contributed by atoms with van der Waals surface area (Å²) in [6, 6.07) is 6.98. The zero-order valence-electron chi connectivity index (χ0n) is 8.87. The molecule has 2 unspecified atom stereocenters. The number of halogens is 1. The highest BCUT2D eigenvalue weighted by atomic mass is 19.1. The minimum atomic E-state index is -0.174. The second-order valence-corrected chi connectivity index (χ2v) is 3.95. The van der Waals surface area contributed by atoms with E-state index in [9.17, 15) is 4.39 Å². The van der Waals surface area contributed by atoms with Gasteiger partial charge in [-0.15, -0.1) is 0 Å². The molecule has 0 spiro atoms. The van der Waals surface area contributed by atoms with Crippen LogP contribution in [0.2, 0.25) is 0 Å². The summed E-state index contributed by atoms with van der Waals surface area (Å²) in [5.74, 6) is 0.281. The molecule has 2 rings (SSSR count). The van der Waals surface area contributed by atoms with Gasteiger partial charge in [0.15, 0.2) is 0 Å². The van der Waals surface area contributed by atoms with Gasteiger partial charge >= 0.3 is 0 Å². The summed E-state index contributed by atoms with van der Waals surface area (Å²) >= 11 is 0. The van der Waals surface area contributed by atoms with Crippen LogP contribution in [0.25, 0.3) is 0 Å². The molecule has 0 amide bonds. The fraction of sp³-hybridized carbons (Fsp3) is 0.500. The molecule has 1 saturated heterocycles. The van der Waals surface area contributed by atoms with Gasteiger partial charge in [0, 0.05) is 18.6 Å². The van der Waals surface area contributed by atoms with Crippen LogP contribution in [0.15, 0.2) is 24.3 Å². The van der Waals surface area contributed by atoms with E-state index in [0.717, 1.165) is 25.2 Å². The van der Waals surface area contributed by atoms with Gasteiger partial charge in [-0.1, -0.05) is 12.1 Å². The maximum atomic E-state index is 13.1. The lowest BCUT2D eigenvalue weighted by Crippen LogP contribution is -2.25. The van der Waals surface area contributed by atoms with Gasteiger partial charge in [-0.3, -0.25) is 0 Å². The minimum absolute atomic E-state index is 0.174. The average molecular weight is 209 g/mol. The van der Waals surface area contributed by atoms with Crippen LogP contribution in [0.1, 0.15) is 18.0 Å². The zero-order chi connectivity index (χ0) is 10.7. The third kappa shape index (κ3) is 2.36. The van der Waals surface area contributed by atoms with Gasteiger partial charge in [0.05, 0.1) is 6.61 Å². The molecule has 1 aromatic rings. The van der Waals surface area contributed by atoms with E-state index in [1.807, 2.05) is 13.1 Å². The molecule has 1 fully saturated rings. The van der Waals surface area contributed by atoms with E-state index in [4.69, 9.17) is 4.74 Å². The van der Waals surface area contributed by atoms with E-state index in [1.165, 1.54) is 6.07 Å². The van der Waals surface area contributed by atoms with Crippen LogP contribution in [0.5, 0.6) is 0 Å². The maximum absolute atomic E-state index is 13.1. The van der Waals surface area contributed by atoms with Crippen molar-refractivity contribution in [3.63, 3.8) is 0 Å². The van der Waals surface area contributed by atoms with Crippen LogP contribution in [0.3, 0.4) is 0 Å². The number of benzene rings is 1. The van der Waals surface area contributed by atoms with Crippen LogP contribution < -0.4 is 5.32 Å². The maximum Gasteiger partial charge on any atom is 0.123 e. The quantitative estimate of drug-likeness (QED) is 0.823. The first-order valence-corrected chi connectivity index (χ1v) is 5.31. The van der Waals surface area contributed by atoms with Crippen molar-refractivity contribution in [3.8, 4) is 0 Å². The highest BCUT2D eigenvalue weighted by Gasteiger charge is 2.25. The summed E-state index contributed by atoms with van der Waals surface area (Å²) in [6.07, 6.45) is 1.04. The molecule has 3 heteroatoms. The van der Waals surface area contributed by atoms with Crippen molar-refractivity contribution in [2.24, 2.45) is 5.92 Å². The third-order valence-corrected chi connectivity index (χ3v) is 2.96. The topological polar surface area (TPSA) is 21.3 Å². The molecular weight excluding hydrogens is 193 g/mol. The fourth-order valence-corrected chi connectivity index (χ4v) is 2.19. The van der Waals surface area contributed by atoms with E-state index in [2.05, 4.69) is 5.32 Å². The molecule has 0 radical (unpaired) electrons. The molecule has 2 nitrogen and oxygen atoms in total. The largest absolute Gasteiger partial charge is 0.381 e. The number of nitrogens with one attached hydrogen (secondary N) is 1. The lowest BCUT2D eigenvalue weighted by Gasteiger charge is -2.22. The summed E-state index contributed by atoms with van der Waals surface area (Å²) in [7, 11) is 1.91. The van der Waals surface area contributed by atoms with Gasteiger partial charge in [-0.25, -0.2) is 4.39 Å². The molecule has 1 aromatic carbocycles. The Morgan fingerprint density at radius 3 is 3.00 bits per heavy atom. The van der Waals surface area contributed by atoms with Crippen molar-refractivity contribution in [2.45, 2.75) is 12.5 Å². The van der Waals surface area contributed by atoms with Crippen LogP contribution in [-0.4, -0.2) is 20.3 Å². The van der Waals surface area contributed by atoms with Crippen LogP contribution in [0.4, 0.5) is 4.39 Å². The summed E-state index contributed by atoms with van der Waals surface area (Å²) in [5.41, 5.74) is 1.01. The van der Waals surface area contributed by atoms with E-state index in [-0.39, 0.29) is 11.9 Å². The van der Waals surface area contributed by atoms with Crippen LogP contribution >= 0.6 is 0 Å². The Bertz CT molecular complexity index is 323. The molecule has 1 N–H and O–H groups in total. The second-order valence-electron chi connectivity index (χ2n) is 3.95. The monoisotopic (exact) mass is 209 g/mol. The predicted octanol–water partition coefficient (Wildman–Crippen LogP) is 2.12. The number of rotatable bonds is 3. The Morgan fingerprint density at radius 2 is 2.40 bits per heavy atom. The van der Waals surface area contributed by atoms with Crippen molar-refractivity contribution in [3.05, 3.63) is 35.6 Å².